The van der Waals surface area contributed by atoms with E-state index in [2.05, 4.69) is 0 Å². The van der Waals surface area contributed by atoms with Crippen molar-refractivity contribution in [1.29, 1.82) is 0 Å². The Bertz CT molecular complexity index is 384. The van der Waals surface area contributed by atoms with Crippen molar-refractivity contribution in [2.24, 2.45) is 0 Å². The van der Waals surface area contributed by atoms with Gasteiger partial charge in [0.05, 0.1) is 0 Å². The Balaban J connectivity index is 0. The van der Waals surface area contributed by atoms with Crippen LogP contribution in [0.15, 0.2) is 0 Å². The quantitative estimate of drug-likeness (QED) is 0.286. The fraction of sp³-hybridized carbons (Fsp3) is 1.00. The summed E-state index contributed by atoms with van der Waals surface area (Å²) < 4.78 is 107. The predicted octanol–water partition coefficient (Wildman–Crippen LogP) is -0.0207. The Kier molecular flexibility index (Phi) is 7.99. The van der Waals surface area contributed by atoms with Crippen molar-refractivity contribution < 1.29 is 68.9 Å². The van der Waals surface area contributed by atoms with Crippen LogP contribution in [0.4, 0.5) is 26.3 Å². The Morgan fingerprint density at radius 3 is 1.74 bits per heavy atom. The number of alkyl halides is 6. The SMILES string of the molecule is CCCCCC(F)(F)C(F)(F)C(F)(F)S(=O)(=O)[O-].[Na+]. The Morgan fingerprint density at radius 1 is 1.00 bits per heavy atom. The first-order valence-electron chi connectivity index (χ1n) is 4.90. The molecule has 0 aliphatic rings. The minimum absolute atomic E-state index is 0. The van der Waals surface area contributed by atoms with Crippen LogP contribution in [0.25, 0.3) is 0 Å². The molecule has 3 nitrogen and oxygen atoms in total. The van der Waals surface area contributed by atoms with Crippen LogP contribution < -0.4 is 29.6 Å². The van der Waals surface area contributed by atoms with Crippen molar-refractivity contribution in [2.45, 2.75) is 49.7 Å². The molecule has 0 bridgehead atoms. The molecule has 0 aliphatic heterocycles. The molecule has 0 aromatic carbocycles. The summed E-state index contributed by atoms with van der Waals surface area (Å²) in [5.74, 6) is -11.5. The molecule has 0 radical (unpaired) electrons. The van der Waals surface area contributed by atoms with Gasteiger partial charge in [-0.3, -0.25) is 0 Å². The number of hydrogen-bond acceptors (Lipinski definition) is 3. The standard InChI is InChI=1S/C8H12F6O3S.Na/c1-2-3-4-5-6(9,10)7(11,12)8(13,14)18(15,16)17;/h2-5H2,1H3,(H,15,16,17);/q;+1/p-1. The molecule has 0 fully saturated rings. The summed E-state index contributed by atoms with van der Waals surface area (Å²) in [6.45, 7) is 1.56. The summed E-state index contributed by atoms with van der Waals surface area (Å²) in [6.07, 6.45) is -1.66. The largest absolute Gasteiger partial charge is 1.00 e. The van der Waals surface area contributed by atoms with Crippen LogP contribution in [0, 0.1) is 0 Å². The van der Waals surface area contributed by atoms with Crippen molar-refractivity contribution in [2.75, 3.05) is 0 Å². The third kappa shape index (κ3) is 4.48. The average Bonchev–Trinajstić information content (AvgIpc) is 2.15. The molecule has 11 heteroatoms. The van der Waals surface area contributed by atoms with Gasteiger partial charge in [0, 0.05) is 6.42 Å². The molecular formula is C8H11F6NaO3S. The van der Waals surface area contributed by atoms with Gasteiger partial charge < -0.3 is 4.55 Å². The van der Waals surface area contributed by atoms with E-state index < -0.39 is 40.1 Å². The first-order chi connectivity index (χ1) is 7.81. The normalized spacial score (nSPS) is 14.1. The van der Waals surface area contributed by atoms with Crippen LogP contribution in [-0.4, -0.2) is 30.1 Å². The van der Waals surface area contributed by atoms with E-state index in [0.717, 1.165) is 0 Å². The fourth-order valence-corrected chi connectivity index (χ4v) is 1.59. The van der Waals surface area contributed by atoms with Gasteiger partial charge in [-0.25, -0.2) is 8.42 Å². The molecule has 0 rings (SSSR count). The summed E-state index contributed by atoms with van der Waals surface area (Å²) in [4.78, 5) is 0. The molecule has 19 heavy (non-hydrogen) atoms. The molecular weight excluding hydrogens is 313 g/mol. The van der Waals surface area contributed by atoms with Crippen LogP contribution in [0.2, 0.25) is 0 Å². The third-order valence-electron chi connectivity index (χ3n) is 2.23. The number of hydrogen-bond donors (Lipinski definition) is 0. The average molecular weight is 324 g/mol. The molecule has 0 aromatic rings. The van der Waals surface area contributed by atoms with Crippen molar-refractivity contribution in [1.82, 2.24) is 0 Å². The maximum absolute atomic E-state index is 12.9. The molecule has 0 atom stereocenters. The molecule has 110 valence electrons. The molecule has 0 aromatic heterocycles. The van der Waals surface area contributed by atoms with E-state index in [1.807, 2.05) is 0 Å². The topological polar surface area (TPSA) is 57.2 Å². The zero-order chi connectivity index (χ0) is 14.8. The second-order valence-corrected chi connectivity index (χ2v) is 5.13. The maximum atomic E-state index is 12.9. The summed E-state index contributed by atoms with van der Waals surface area (Å²) in [6, 6.07) is 0. The van der Waals surface area contributed by atoms with E-state index in [1.165, 1.54) is 0 Å². The molecule has 0 amide bonds. The molecule has 0 heterocycles. The van der Waals surface area contributed by atoms with Gasteiger partial charge in [-0.05, 0) is 6.42 Å². The predicted molar refractivity (Wildman–Crippen MR) is 48.7 cm³/mol. The zero-order valence-electron chi connectivity index (χ0n) is 10.2. The van der Waals surface area contributed by atoms with Crippen molar-refractivity contribution in [3.8, 4) is 0 Å². The Morgan fingerprint density at radius 2 is 1.42 bits per heavy atom. The maximum Gasteiger partial charge on any atom is 1.00 e. The molecule has 0 spiro atoms. The number of halogens is 6. The van der Waals surface area contributed by atoms with Crippen LogP contribution >= 0.6 is 0 Å². The fourth-order valence-electron chi connectivity index (χ4n) is 1.12. The van der Waals surface area contributed by atoms with E-state index >= 15 is 0 Å². The van der Waals surface area contributed by atoms with Gasteiger partial charge in [0.25, 0.3) is 0 Å². The van der Waals surface area contributed by atoms with E-state index in [4.69, 9.17) is 0 Å². The molecule has 0 saturated carbocycles. The van der Waals surface area contributed by atoms with Gasteiger partial charge in [-0.15, -0.1) is 0 Å². The molecule has 0 N–H and O–H groups in total. The van der Waals surface area contributed by atoms with Crippen LogP contribution in [0.3, 0.4) is 0 Å². The molecule has 0 unspecified atom stereocenters. The second kappa shape index (κ2) is 6.97. The van der Waals surface area contributed by atoms with Crippen molar-refractivity contribution in [3.63, 3.8) is 0 Å². The van der Waals surface area contributed by atoms with E-state index in [9.17, 15) is 39.3 Å². The summed E-state index contributed by atoms with van der Waals surface area (Å²) in [5.41, 5.74) is 0. The zero-order valence-corrected chi connectivity index (χ0v) is 13.0. The summed E-state index contributed by atoms with van der Waals surface area (Å²) in [7, 11) is -6.89. The Hall–Kier alpha value is 0.490. The molecule has 0 aliphatic carbocycles. The smallest absolute Gasteiger partial charge is 0.743 e. The van der Waals surface area contributed by atoms with Gasteiger partial charge in [0.1, 0.15) is 0 Å². The monoisotopic (exact) mass is 324 g/mol. The first-order valence-corrected chi connectivity index (χ1v) is 6.31. The van der Waals surface area contributed by atoms with Crippen molar-refractivity contribution in [3.05, 3.63) is 0 Å². The van der Waals surface area contributed by atoms with Crippen molar-refractivity contribution >= 4 is 10.1 Å². The minimum atomic E-state index is -6.89. The van der Waals surface area contributed by atoms with E-state index in [-0.39, 0.29) is 36.0 Å². The minimum Gasteiger partial charge on any atom is -0.743 e. The van der Waals surface area contributed by atoms with Gasteiger partial charge in [-0.2, -0.15) is 26.3 Å². The first kappa shape index (κ1) is 21.8. The summed E-state index contributed by atoms with van der Waals surface area (Å²) in [5, 5.41) is -6.35. The van der Waals surface area contributed by atoms with E-state index in [0.29, 0.717) is 6.42 Å². The van der Waals surface area contributed by atoms with Crippen LogP contribution in [0.5, 0.6) is 0 Å². The molecule has 0 saturated heterocycles. The van der Waals surface area contributed by atoms with E-state index in [1.54, 1.807) is 6.92 Å². The summed E-state index contributed by atoms with van der Waals surface area (Å²) >= 11 is 0. The number of unbranched alkanes of at least 4 members (excludes halogenated alkanes) is 2. The van der Waals surface area contributed by atoms with Gasteiger partial charge in [-0.1, -0.05) is 19.8 Å². The van der Waals surface area contributed by atoms with Gasteiger partial charge in [0.2, 0.25) is 0 Å². The Labute approximate surface area is 128 Å². The van der Waals surface area contributed by atoms with Gasteiger partial charge in [0.15, 0.2) is 10.1 Å². The van der Waals surface area contributed by atoms with Gasteiger partial charge >= 0.3 is 46.7 Å². The third-order valence-corrected chi connectivity index (χ3v) is 3.12. The van der Waals surface area contributed by atoms with Crippen LogP contribution in [-0.2, 0) is 10.1 Å². The number of rotatable bonds is 7. The van der Waals surface area contributed by atoms with Crippen LogP contribution in [0.1, 0.15) is 32.6 Å². The second-order valence-electron chi connectivity index (χ2n) is 3.71.